The van der Waals surface area contributed by atoms with Gasteiger partial charge in [0.05, 0.1) is 0 Å². The van der Waals surface area contributed by atoms with E-state index in [0.717, 1.165) is 12.8 Å². The zero-order valence-electron chi connectivity index (χ0n) is 5.26. The normalized spacial score (nSPS) is 22.6. The molecule has 0 aromatic rings. The highest BCUT2D eigenvalue weighted by atomic mass is 35.7. The zero-order valence-corrected chi connectivity index (χ0v) is 7.59. The van der Waals surface area contributed by atoms with E-state index in [1.54, 1.807) is 0 Å². The SMILES string of the molecule is O=S(=O)(Cl)C(Cl)CC1CC1. The molecule has 1 aliphatic rings. The minimum Gasteiger partial charge on any atom is -0.211 e. The average molecular weight is 203 g/mol. The van der Waals surface area contributed by atoms with Crippen molar-refractivity contribution in [1.82, 2.24) is 0 Å². The van der Waals surface area contributed by atoms with E-state index >= 15 is 0 Å². The Morgan fingerprint density at radius 2 is 2.00 bits per heavy atom. The summed E-state index contributed by atoms with van der Waals surface area (Å²) in [6, 6.07) is 0. The van der Waals surface area contributed by atoms with Gasteiger partial charge in [0.1, 0.15) is 4.71 Å². The first-order valence-electron chi connectivity index (χ1n) is 3.07. The Balaban J connectivity index is 2.40. The van der Waals surface area contributed by atoms with E-state index in [1.807, 2.05) is 0 Å². The summed E-state index contributed by atoms with van der Waals surface area (Å²) in [4.78, 5) is 0. The van der Waals surface area contributed by atoms with Crippen molar-refractivity contribution >= 4 is 31.3 Å². The van der Waals surface area contributed by atoms with Gasteiger partial charge in [-0.15, -0.1) is 11.6 Å². The topological polar surface area (TPSA) is 34.1 Å². The zero-order chi connectivity index (χ0) is 7.78. The molecule has 0 amide bonds. The molecule has 1 saturated carbocycles. The van der Waals surface area contributed by atoms with Gasteiger partial charge in [0.15, 0.2) is 0 Å². The molecule has 0 spiro atoms. The second kappa shape index (κ2) is 2.88. The molecule has 1 unspecified atom stereocenters. The third kappa shape index (κ3) is 2.64. The highest BCUT2D eigenvalue weighted by molar-refractivity contribution is 8.15. The first-order valence-corrected chi connectivity index (χ1v) is 5.88. The molecule has 0 saturated heterocycles. The third-order valence-electron chi connectivity index (χ3n) is 1.52. The quantitative estimate of drug-likeness (QED) is 0.518. The van der Waals surface area contributed by atoms with E-state index in [1.165, 1.54) is 0 Å². The Labute approximate surface area is 69.9 Å². The summed E-state index contributed by atoms with van der Waals surface area (Å²) in [5.41, 5.74) is 0. The molecule has 1 atom stereocenters. The monoisotopic (exact) mass is 202 g/mol. The molecule has 1 aliphatic carbocycles. The number of hydrogen-bond donors (Lipinski definition) is 0. The van der Waals surface area contributed by atoms with Crippen LogP contribution in [-0.2, 0) is 9.05 Å². The number of hydrogen-bond acceptors (Lipinski definition) is 2. The van der Waals surface area contributed by atoms with Gasteiger partial charge in [0.2, 0.25) is 9.05 Å². The summed E-state index contributed by atoms with van der Waals surface area (Å²) in [6.07, 6.45) is 2.69. The Bertz CT molecular complexity index is 208. The fraction of sp³-hybridized carbons (Fsp3) is 1.00. The molecule has 60 valence electrons. The van der Waals surface area contributed by atoms with Crippen molar-refractivity contribution in [3.8, 4) is 0 Å². The van der Waals surface area contributed by atoms with Crippen LogP contribution in [0.15, 0.2) is 0 Å². The highest BCUT2D eigenvalue weighted by Gasteiger charge is 2.30. The van der Waals surface area contributed by atoms with Crippen LogP contribution in [0.25, 0.3) is 0 Å². The van der Waals surface area contributed by atoms with Crippen LogP contribution in [0, 0.1) is 5.92 Å². The summed E-state index contributed by atoms with van der Waals surface area (Å²) >= 11 is 5.47. The molecular weight excluding hydrogens is 195 g/mol. The minimum atomic E-state index is -3.52. The van der Waals surface area contributed by atoms with Crippen molar-refractivity contribution < 1.29 is 8.42 Å². The first kappa shape index (κ1) is 8.62. The maximum absolute atomic E-state index is 10.5. The van der Waals surface area contributed by atoms with Gasteiger partial charge in [0, 0.05) is 10.7 Å². The van der Waals surface area contributed by atoms with Crippen molar-refractivity contribution in [1.29, 1.82) is 0 Å². The second-order valence-corrected chi connectivity index (χ2v) is 6.16. The molecule has 0 aromatic carbocycles. The Morgan fingerprint density at radius 3 is 2.30 bits per heavy atom. The lowest BCUT2D eigenvalue weighted by molar-refractivity contribution is 0.598. The Morgan fingerprint density at radius 1 is 1.50 bits per heavy atom. The van der Waals surface area contributed by atoms with Crippen LogP contribution >= 0.6 is 22.3 Å². The van der Waals surface area contributed by atoms with E-state index in [4.69, 9.17) is 22.3 Å². The second-order valence-electron chi connectivity index (χ2n) is 2.56. The van der Waals surface area contributed by atoms with Crippen molar-refractivity contribution in [2.45, 2.75) is 24.0 Å². The molecule has 1 fully saturated rings. The van der Waals surface area contributed by atoms with Crippen molar-refractivity contribution in [2.24, 2.45) is 5.92 Å². The predicted octanol–water partition coefficient (Wildman–Crippen LogP) is 1.92. The van der Waals surface area contributed by atoms with Crippen LogP contribution in [0.1, 0.15) is 19.3 Å². The van der Waals surface area contributed by atoms with Gasteiger partial charge < -0.3 is 0 Å². The van der Waals surface area contributed by atoms with Crippen molar-refractivity contribution in [3.63, 3.8) is 0 Å². The highest BCUT2D eigenvalue weighted by Crippen LogP contribution is 2.36. The molecular formula is C5H8Cl2O2S. The van der Waals surface area contributed by atoms with Crippen LogP contribution in [0.4, 0.5) is 0 Å². The molecule has 5 heteroatoms. The van der Waals surface area contributed by atoms with E-state index in [0.29, 0.717) is 12.3 Å². The molecule has 10 heavy (non-hydrogen) atoms. The summed E-state index contributed by atoms with van der Waals surface area (Å²) in [5.74, 6) is 0.496. The standard InChI is InChI=1S/C5H8Cl2O2S/c6-5(10(7,8)9)3-4-1-2-4/h4-5H,1-3H2. The van der Waals surface area contributed by atoms with E-state index in [-0.39, 0.29) is 0 Å². The predicted molar refractivity (Wildman–Crippen MR) is 41.8 cm³/mol. The van der Waals surface area contributed by atoms with Gasteiger partial charge in [-0.2, -0.15) is 0 Å². The van der Waals surface area contributed by atoms with Crippen LogP contribution in [-0.4, -0.2) is 13.1 Å². The number of rotatable bonds is 3. The molecule has 0 heterocycles. The molecule has 0 aliphatic heterocycles. The lowest BCUT2D eigenvalue weighted by Crippen LogP contribution is -2.08. The summed E-state index contributed by atoms with van der Waals surface area (Å²) in [7, 11) is 1.48. The van der Waals surface area contributed by atoms with Crippen molar-refractivity contribution in [3.05, 3.63) is 0 Å². The third-order valence-corrected chi connectivity index (χ3v) is 4.13. The largest absolute Gasteiger partial charge is 0.249 e. The van der Waals surface area contributed by atoms with Gasteiger partial charge in [-0.05, 0) is 12.3 Å². The fourth-order valence-electron chi connectivity index (χ4n) is 0.731. The smallest absolute Gasteiger partial charge is 0.211 e. The maximum Gasteiger partial charge on any atom is 0.249 e. The van der Waals surface area contributed by atoms with E-state index in [9.17, 15) is 8.42 Å². The van der Waals surface area contributed by atoms with Crippen LogP contribution in [0.5, 0.6) is 0 Å². The van der Waals surface area contributed by atoms with Gasteiger partial charge in [0.25, 0.3) is 0 Å². The maximum atomic E-state index is 10.5. The summed E-state index contributed by atoms with van der Waals surface area (Å²) in [5, 5.41) is 0. The van der Waals surface area contributed by atoms with Gasteiger partial charge in [-0.1, -0.05) is 12.8 Å². The van der Waals surface area contributed by atoms with Crippen molar-refractivity contribution in [2.75, 3.05) is 0 Å². The van der Waals surface area contributed by atoms with Gasteiger partial charge in [-0.3, -0.25) is 0 Å². The first-order chi connectivity index (χ1) is 4.50. The lowest BCUT2D eigenvalue weighted by atomic mass is 10.3. The number of halogens is 2. The lowest BCUT2D eigenvalue weighted by Gasteiger charge is -2.01. The molecule has 2 nitrogen and oxygen atoms in total. The van der Waals surface area contributed by atoms with E-state index in [2.05, 4.69) is 0 Å². The Kier molecular flexibility index (Phi) is 2.48. The molecule has 1 rings (SSSR count). The minimum absolute atomic E-state index is 0.496. The van der Waals surface area contributed by atoms with E-state index < -0.39 is 13.8 Å². The Hall–Kier alpha value is 0.530. The summed E-state index contributed by atoms with van der Waals surface area (Å²) in [6.45, 7) is 0. The van der Waals surface area contributed by atoms with Crippen LogP contribution < -0.4 is 0 Å². The molecule has 0 aromatic heterocycles. The number of alkyl halides is 1. The summed E-state index contributed by atoms with van der Waals surface area (Å²) < 4.78 is 20.2. The molecule has 0 bridgehead atoms. The molecule has 0 N–H and O–H groups in total. The van der Waals surface area contributed by atoms with Gasteiger partial charge >= 0.3 is 0 Å². The average Bonchev–Trinajstić information content (AvgIpc) is 2.47. The van der Waals surface area contributed by atoms with Crippen LogP contribution in [0.2, 0.25) is 0 Å². The van der Waals surface area contributed by atoms with Gasteiger partial charge in [-0.25, -0.2) is 8.42 Å². The van der Waals surface area contributed by atoms with Crippen LogP contribution in [0.3, 0.4) is 0 Å². The molecule has 0 radical (unpaired) electrons. The fourth-order valence-corrected chi connectivity index (χ4v) is 1.70.